The van der Waals surface area contributed by atoms with Crippen molar-refractivity contribution in [2.45, 2.75) is 45.1 Å². The minimum absolute atomic E-state index is 0.120. The van der Waals surface area contributed by atoms with Gasteiger partial charge in [-0.05, 0) is 43.8 Å². The molecule has 5 heteroatoms. The first-order chi connectivity index (χ1) is 9.10. The van der Waals surface area contributed by atoms with Gasteiger partial charge in [0.05, 0.1) is 19.3 Å². The average molecular weight is 285 g/mol. The summed E-state index contributed by atoms with van der Waals surface area (Å²) in [6.45, 7) is 2.86. The molecule has 0 spiro atoms. The van der Waals surface area contributed by atoms with Gasteiger partial charge in [0.1, 0.15) is 0 Å². The van der Waals surface area contributed by atoms with E-state index in [1.165, 1.54) is 7.11 Å². The molecule has 0 aromatic carbocycles. The van der Waals surface area contributed by atoms with E-state index in [0.717, 1.165) is 38.0 Å². The highest BCUT2D eigenvalue weighted by Gasteiger charge is 2.44. The Balaban J connectivity index is 1.68. The Labute approximate surface area is 119 Å². The Kier molecular flexibility index (Phi) is 4.76. The van der Waals surface area contributed by atoms with Crippen LogP contribution in [0.4, 0.5) is 0 Å². The highest BCUT2D eigenvalue weighted by molar-refractivity contribution is 7.99. The first-order valence-electron chi connectivity index (χ1n) is 7.04. The van der Waals surface area contributed by atoms with Crippen LogP contribution in [-0.2, 0) is 14.3 Å². The van der Waals surface area contributed by atoms with Crippen LogP contribution in [0.15, 0.2) is 0 Å². The molecule has 0 unspecified atom stereocenters. The Morgan fingerprint density at radius 3 is 2.53 bits per heavy atom. The van der Waals surface area contributed by atoms with E-state index in [-0.39, 0.29) is 17.3 Å². The van der Waals surface area contributed by atoms with E-state index in [4.69, 9.17) is 4.74 Å². The maximum absolute atomic E-state index is 12.1. The van der Waals surface area contributed by atoms with Gasteiger partial charge in [0.25, 0.3) is 0 Å². The standard InChI is InChI=1S/C14H23NO3S/c1-3-15(11-4-5-11)12(16)9-19-10-14(6-7-14)8-13(17)18-2/h11H,3-10H2,1-2H3. The van der Waals surface area contributed by atoms with Crippen LogP contribution < -0.4 is 0 Å². The summed E-state index contributed by atoms with van der Waals surface area (Å²) in [4.78, 5) is 25.4. The molecular weight excluding hydrogens is 262 g/mol. The second-order valence-corrected chi connectivity index (χ2v) is 6.64. The summed E-state index contributed by atoms with van der Waals surface area (Å²) in [7, 11) is 1.43. The van der Waals surface area contributed by atoms with E-state index < -0.39 is 0 Å². The van der Waals surface area contributed by atoms with Gasteiger partial charge in [-0.15, -0.1) is 0 Å². The van der Waals surface area contributed by atoms with Gasteiger partial charge < -0.3 is 9.64 Å². The number of carbonyl (C=O) groups is 2. The lowest BCUT2D eigenvalue weighted by Crippen LogP contribution is -2.34. The fourth-order valence-electron chi connectivity index (χ4n) is 2.39. The lowest BCUT2D eigenvalue weighted by Gasteiger charge is -2.20. The summed E-state index contributed by atoms with van der Waals surface area (Å²) in [6.07, 6.45) is 5.00. The average Bonchev–Trinajstić information content (AvgIpc) is 3.27. The van der Waals surface area contributed by atoms with Crippen LogP contribution in [0.2, 0.25) is 0 Å². The number of ether oxygens (including phenoxy) is 1. The number of rotatable bonds is 8. The van der Waals surface area contributed by atoms with Crippen molar-refractivity contribution in [3.8, 4) is 0 Å². The number of thioether (sulfide) groups is 1. The summed E-state index contributed by atoms with van der Waals surface area (Å²) < 4.78 is 4.73. The third kappa shape index (κ3) is 4.13. The predicted molar refractivity (Wildman–Crippen MR) is 76.0 cm³/mol. The van der Waals surface area contributed by atoms with Crippen molar-refractivity contribution in [2.75, 3.05) is 25.2 Å². The van der Waals surface area contributed by atoms with Gasteiger partial charge in [-0.1, -0.05) is 0 Å². The van der Waals surface area contributed by atoms with Crippen molar-refractivity contribution in [3.05, 3.63) is 0 Å². The largest absolute Gasteiger partial charge is 0.469 e. The minimum atomic E-state index is -0.127. The molecule has 0 bridgehead atoms. The first kappa shape index (κ1) is 14.7. The topological polar surface area (TPSA) is 46.6 Å². The minimum Gasteiger partial charge on any atom is -0.469 e. The highest BCUT2D eigenvalue weighted by Crippen LogP contribution is 2.51. The Hall–Kier alpha value is -0.710. The SMILES string of the molecule is CCN(C(=O)CSCC1(CC(=O)OC)CC1)C1CC1. The molecule has 0 atom stereocenters. The van der Waals surface area contributed by atoms with Crippen LogP contribution in [0.3, 0.4) is 0 Å². The van der Waals surface area contributed by atoms with Crippen LogP contribution in [0, 0.1) is 5.41 Å². The van der Waals surface area contributed by atoms with Crippen molar-refractivity contribution < 1.29 is 14.3 Å². The summed E-state index contributed by atoms with van der Waals surface area (Å²) in [6, 6.07) is 0.503. The molecule has 0 heterocycles. The molecule has 2 aliphatic rings. The molecule has 0 aliphatic heterocycles. The Morgan fingerprint density at radius 1 is 1.37 bits per heavy atom. The maximum Gasteiger partial charge on any atom is 0.306 e. The molecule has 2 fully saturated rings. The molecular formula is C14H23NO3S. The normalized spacial score (nSPS) is 19.9. The monoisotopic (exact) mass is 285 g/mol. The van der Waals surface area contributed by atoms with Crippen molar-refractivity contribution in [3.63, 3.8) is 0 Å². The van der Waals surface area contributed by atoms with Gasteiger partial charge >= 0.3 is 5.97 Å². The molecule has 1 amide bonds. The first-order valence-corrected chi connectivity index (χ1v) is 8.20. The number of carbonyl (C=O) groups excluding carboxylic acids is 2. The smallest absolute Gasteiger partial charge is 0.306 e. The molecule has 4 nitrogen and oxygen atoms in total. The fourth-order valence-corrected chi connectivity index (χ4v) is 3.66. The van der Waals surface area contributed by atoms with Crippen LogP contribution in [-0.4, -0.2) is 48.0 Å². The number of hydrogen-bond acceptors (Lipinski definition) is 4. The highest BCUT2D eigenvalue weighted by atomic mass is 32.2. The molecule has 0 aromatic heterocycles. The van der Waals surface area contributed by atoms with E-state index in [2.05, 4.69) is 0 Å². The van der Waals surface area contributed by atoms with Crippen molar-refractivity contribution in [1.29, 1.82) is 0 Å². The molecule has 2 saturated carbocycles. The zero-order valence-electron chi connectivity index (χ0n) is 11.8. The number of esters is 1. The van der Waals surface area contributed by atoms with Crippen molar-refractivity contribution in [1.82, 2.24) is 4.90 Å². The number of amides is 1. The summed E-state index contributed by atoms with van der Waals surface area (Å²) in [5, 5.41) is 0. The maximum atomic E-state index is 12.1. The van der Waals surface area contributed by atoms with Gasteiger partial charge in [-0.2, -0.15) is 11.8 Å². The van der Waals surface area contributed by atoms with E-state index in [0.29, 0.717) is 18.2 Å². The molecule has 19 heavy (non-hydrogen) atoms. The molecule has 0 radical (unpaired) electrons. The summed E-state index contributed by atoms with van der Waals surface area (Å²) >= 11 is 1.67. The number of nitrogens with zero attached hydrogens (tertiary/aromatic N) is 1. The van der Waals surface area contributed by atoms with Crippen molar-refractivity contribution in [2.24, 2.45) is 5.41 Å². The van der Waals surface area contributed by atoms with E-state index in [9.17, 15) is 9.59 Å². The lowest BCUT2D eigenvalue weighted by molar-refractivity contribution is -0.141. The zero-order chi connectivity index (χ0) is 13.9. The summed E-state index contributed by atoms with van der Waals surface area (Å²) in [5.41, 5.74) is 0.120. The third-order valence-electron chi connectivity index (χ3n) is 3.99. The van der Waals surface area contributed by atoms with Crippen molar-refractivity contribution >= 4 is 23.6 Å². The van der Waals surface area contributed by atoms with Gasteiger partial charge in [0.2, 0.25) is 5.91 Å². The van der Waals surface area contributed by atoms with Gasteiger partial charge in [-0.25, -0.2) is 0 Å². The van der Waals surface area contributed by atoms with E-state index in [1.54, 1.807) is 11.8 Å². The van der Waals surface area contributed by atoms with Gasteiger partial charge in [0.15, 0.2) is 0 Å². The second kappa shape index (κ2) is 6.16. The summed E-state index contributed by atoms with van der Waals surface area (Å²) in [5.74, 6) is 1.57. The second-order valence-electron chi connectivity index (χ2n) is 5.66. The van der Waals surface area contributed by atoms with Crippen LogP contribution >= 0.6 is 11.8 Å². The van der Waals surface area contributed by atoms with E-state index in [1.807, 2.05) is 11.8 Å². The van der Waals surface area contributed by atoms with Crippen LogP contribution in [0.25, 0.3) is 0 Å². The Morgan fingerprint density at radius 2 is 2.05 bits per heavy atom. The van der Waals surface area contributed by atoms with Gasteiger partial charge in [-0.3, -0.25) is 9.59 Å². The Bertz CT molecular complexity index is 351. The molecule has 2 aliphatic carbocycles. The van der Waals surface area contributed by atoms with E-state index >= 15 is 0 Å². The molecule has 108 valence electrons. The molecule has 0 saturated heterocycles. The number of methoxy groups -OCH3 is 1. The van der Waals surface area contributed by atoms with Crippen LogP contribution in [0.5, 0.6) is 0 Å². The quantitative estimate of drug-likeness (QED) is 0.641. The molecule has 0 N–H and O–H groups in total. The zero-order valence-corrected chi connectivity index (χ0v) is 12.6. The predicted octanol–water partition coefficient (Wildman–Crippen LogP) is 2.07. The molecule has 0 aromatic rings. The van der Waals surface area contributed by atoms with Crippen LogP contribution in [0.1, 0.15) is 39.0 Å². The third-order valence-corrected chi connectivity index (χ3v) is 5.25. The van der Waals surface area contributed by atoms with Gasteiger partial charge in [0, 0.05) is 12.6 Å². The lowest BCUT2D eigenvalue weighted by atomic mass is 10.1. The number of hydrogen-bond donors (Lipinski definition) is 0. The fraction of sp³-hybridized carbons (Fsp3) is 0.857. The molecule has 2 rings (SSSR count).